The Morgan fingerprint density at radius 2 is 1.73 bits per heavy atom. The Hall–Kier alpha value is -4.43. The summed E-state index contributed by atoms with van der Waals surface area (Å²) in [6.45, 7) is 2.43. The number of ether oxygens (including phenoxy) is 2. The maximum absolute atomic E-state index is 13.1. The average Bonchev–Trinajstić information content (AvgIpc) is 2.98. The molecule has 5 rings (SSSR count). The van der Waals surface area contributed by atoms with E-state index in [2.05, 4.69) is 10.2 Å². The van der Waals surface area contributed by atoms with Gasteiger partial charge in [0.2, 0.25) is 0 Å². The highest BCUT2D eigenvalue weighted by Gasteiger charge is 2.22. The lowest BCUT2D eigenvalue weighted by atomic mass is 9.97. The van der Waals surface area contributed by atoms with Gasteiger partial charge < -0.3 is 24.8 Å². The number of hydrogen-bond acceptors (Lipinski definition) is 5. The van der Waals surface area contributed by atoms with Crippen LogP contribution in [-0.2, 0) is 9.53 Å². The number of aliphatic carboxylic acids is 1. The van der Waals surface area contributed by atoms with Gasteiger partial charge in [0, 0.05) is 30.0 Å². The molecule has 1 aliphatic carbocycles. The molecule has 1 heterocycles. The van der Waals surface area contributed by atoms with Gasteiger partial charge in [0.05, 0.1) is 18.3 Å². The van der Waals surface area contributed by atoms with Crippen molar-refractivity contribution in [1.29, 1.82) is 0 Å². The maximum Gasteiger partial charge on any atom is 0.335 e. The molecule has 0 spiro atoms. The minimum atomic E-state index is -0.925. The van der Waals surface area contributed by atoms with Gasteiger partial charge in [-0.3, -0.25) is 4.79 Å². The molecule has 3 aromatic carbocycles. The molecule has 40 heavy (non-hydrogen) atoms. The molecule has 0 aromatic heterocycles. The smallest absolute Gasteiger partial charge is 0.335 e. The number of nitrogens with zero attached hydrogens (tertiary/aromatic N) is 1. The zero-order chi connectivity index (χ0) is 27.9. The number of carbonyl (C=O) groups excluding carboxylic acids is 1. The molecular weight excluding hydrogens is 511 g/mol. The largest absolute Gasteiger partial charge is 0.478 e. The van der Waals surface area contributed by atoms with Crippen molar-refractivity contribution >= 4 is 23.3 Å². The van der Waals surface area contributed by atoms with Crippen LogP contribution in [-0.4, -0.2) is 42.8 Å². The molecule has 1 unspecified atom stereocenters. The van der Waals surface area contributed by atoms with E-state index >= 15 is 0 Å². The van der Waals surface area contributed by atoms with E-state index in [9.17, 15) is 14.0 Å². The normalized spacial score (nSPS) is 17.3. The summed E-state index contributed by atoms with van der Waals surface area (Å²) in [5, 5.41) is 12.1. The fourth-order valence-electron chi connectivity index (χ4n) is 4.83. The van der Waals surface area contributed by atoms with Crippen LogP contribution >= 0.6 is 0 Å². The first kappa shape index (κ1) is 27.1. The maximum atomic E-state index is 13.1. The Morgan fingerprint density at radius 1 is 0.975 bits per heavy atom. The lowest BCUT2D eigenvalue weighted by Gasteiger charge is -2.34. The van der Waals surface area contributed by atoms with Crippen molar-refractivity contribution in [2.45, 2.75) is 25.4 Å². The monoisotopic (exact) mass is 542 g/mol. The number of hydrogen-bond donors (Lipinski definition) is 2. The summed E-state index contributed by atoms with van der Waals surface area (Å²) >= 11 is 0. The van der Waals surface area contributed by atoms with Gasteiger partial charge in [-0.15, -0.1) is 0 Å². The average molecular weight is 543 g/mol. The summed E-state index contributed by atoms with van der Waals surface area (Å²) in [7, 11) is 0. The van der Waals surface area contributed by atoms with E-state index in [1.54, 1.807) is 36.4 Å². The molecule has 2 N–H and O–H groups in total. The molecule has 1 saturated heterocycles. The number of nitrogens with one attached hydrogen (secondary N) is 1. The molecule has 3 aromatic rings. The van der Waals surface area contributed by atoms with Crippen LogP contribution in [0.5, 0.6) is 11.5 Å². The van der Waals surface area contributed by atoms with Gasteiger partial charge >= 0.3 is 5.97 Å². The summed E-state index contributed by atoms with van der Waals surface area (Å²) in [4.78, 5) is 26.3. The predicted molar refractivity (Wildman–Crippen MR) is 151 cm³/mol. The Morgan fingerprint density at radius 3 is 2.45 bits per heavy atom. The molecule has 0 bridgehead atoms. The van der Waals surface area contributed by atoms with Crippen LogP contribution in [0, 0.1) is 11.7 Å². The van der Waals surface area contributed by atoms with Gasteiger partial charge in [0.25, 0.3) is 5.91 Å². The van der Waals surface area contributed by atoms with E-state index in [4.69, 9.17) is 14.6 Å². The van der Waals surface area contributed by atoms with Crippen LogP contribution in [0.4, 0.5) is 15.8 Å². The third-order valence-electron chi connectivity index (χ3n) is 7.07. The molecule has 1 atom stereocenters. The second kappa shape index (κ2) is 12.6. The zero-order valence-corrected chi connectivity index (χ0v) is 22.0. The highest BCUT2D eigenvalue weighted by molar-refractivity contribution is 6.04. The Balaban J connectivity index is 1.09. The van der Waals surface area contributed by atoms with Gasteiger partial charge in [-0.05, 0) is 98.0 Å². The summed E-state index contributed by atoms with van der Waals surface area (Å²) in [5.74, 6) is -0.113. The number of rotatable bonds is 9. The van der Waals surface area contributed by atoms with E-state index in [1.165, 1.54) is 24.3 Å². The van der Waals surface area contributed by atoms with Crippen molar-refractivity contribution in [3.63, 3.8) is 0 Å². The highest BCUT2D eigenvalue weighted by atomic mass is 19.1. The first-order valence-corrected chi connectivity index (χ1v) is 13.4. The van der Waals surface area contributed by atoms with E-state index in [0.717, 1.165) is 31.6 Å². The second-order valence-corrected chi connectivity index (χ2v) is 9.95. The van der Waals surface area contributed by atoms with Crippen molar-refractivity contribution in [3.8, 4) is 11.5 Å². The number of anilines is 2. The van der Waals surface area contributed by atoms with E-state index in [0.29, 0.717) is 41.7 Å². The van der Waals surface area contributed by atoms with Crippen LogP contribution in [0.1, 0.15) is 29.6 Å². The summed E-state index contributed by atoms with van der Waals surface area (Å²) in [6.07, 6.45) is 7.68. The number of piperidine rings is 1. The molecular formula is C32H31FN2O5. The Bertz CT molecular complexity index is 1390. The number of amides is 1. The van der Waals surface area contributed by atoms with Gasteiger partial charge in [0.15, 0.2) is 0 Å². The second-order valence-electron chi connectivity index (χ2n) is 9.95. The third-order valence-corrected chi connectivity index (χ3v) is 7.07. The number of benzene rings is 3. The first-order chi connectivity index (χ1) is 19.4. The number of carboxylic acid groups (broad SMARTS) is 1. The molecule has 1 fully saturated rings. The van der Waals surface area contributed by atoms with Crippen molar-refractivity contribution in [2.75, 3.05) is 29.9 Å². The first-order valence-electron chi connectivity index (χ1n) is 13.4. The van der Waals surface area contributed by atoms with Gasteiger partial charge in [0.1, 0.15) is 17.3 Å². The van der Waals surface area contributed by atoms with Crippen molar-refractivity contribution in [1.82, 2.24) is 0 Å². The van der Waals surface area contributed by atoms with E-state index in [-0.39, 0.29) is 23.4 Å². The number of carboxylic acids is 1. The molecule has 206 valence electrons. The molecule has 2 aliphatic rings. The summed E-state index contributed by atoms with van der Waals surface area (Å²) in [5.41, 5.74) is 2.53. The molecule has 0 saturated carbocycles. The van der Waals surface area contributed by atoms with Gasteiger partial charge in [-0.25, -0.2) is 9.18 Å². The van der Waals surface area contributed by atoms with E-state index in [1.807, 2.05) is 30.3 Å². The SMILES string of the molecule is O=C(O)C1=CC(OCC2CCN(c3ccc(NC(=O)c4cccc(Oc5ccc(F)cc5)c4)cc3)CC2)CC=C1. The molecule has 0 radical (unpaired) electrons. The van der Waals surface area contributed by atoms with Crippen molar-refractivity contribution in [2.24, 2.45) is 5.92 Å². The lowest BCUT2D eigenvalue weighted by Crippen LogP contribution is -2.35. The van der Waals surface area contributed by atoms with Crippen molar-refractivity contribution in [3.05, 3.63) is 108 Å². The van der Waals surface area contributed by atoms with Crippen LogP contribution < -0.4 is 15.0 Å². The minimum absolute atomic E-state index is 0.179. The fraction of sp³-hybridized carbons (Fsp3) is 0.250. The quantitative estimate of drug-likeness (QED) is 0.323. The molecule has 1 amide bonds. The highest BCUT2D eigenvalue weighted by Crippen LogP contribution is 2.27. The number of carbonyl (C=O) groups is 2. The summed E-state index contributed by atoms with van der Waals surface area (Å²) < 4.78 is 24.9. The van der Waals surface area contributed by atoms with Crippen LogP contribution in [0.15, 0.2) is 96.6 Å². The van der Waals surface area contributed by atoms with Gasteiger partial charge in [-0.1, -0.05) is 18.2 Å². The standard InChI is InChI=1S/C32H31FN2O5/c33-25-7-13-28(14-8-25)40-30-6-1-3-23(19-30)31(36)34-26-9-11-27(12-10-26)35-17-15-22(16-18-35)21-39-29-5-2-4-24(20-29)32(37)38/h1-4,6-14,19-20,22,29H,5,15-18,21H2,(H,34,36)(H,37,38). The topological polar surface area (TPSA) is 88.1 Å². The zero-order valence-electron chi connectivity index (χ0n) is 22.0. The van der Waals surface area contributed by atoms with Crippen molar-refractivity contribution < 1.29 is 28.6 Å². The molecule has 7 nitrogen and oxygen atoms in total. The fourth-order valence-corrected chi connectivity index (χ4v) is 4.83. The Labute approximate surface area is 232 Å². The van der Waals surface area contributed by atoms with Gasteiger partial charge in [-0.2, -0.15) is 0 Å². The molecule has 8 heteroatoms. The predicted octanol–water partition coefficient (Wildman–Crippen LogP) is 6.44. The number of halogens is 1. The third kappa shape index (κ3) is 7.15. The lowest BCUT2D eigenvalue weighted by molar-refractivity contribution is -0.132. The van der Waals surface area contributed by atoms with Crippen LogP contribution in [0.2, 0.25) is 0 Å². The summed E-state index contributed by atoms with van der Waals surface area (Å²) in [6, 6.07) is 20.3. The molecule has 1 aliphatic heterocycles. The van der Waals surface area contributed by atoms with Crippen LogP contribution in [0.25, 0.3) is 0 Å². The minimum Gasteiger partial charge on any atom is -0.478 e. The van der Waals surface area contributed by atoms with Crippen LogP contribution in [0.3, 0.4) is 0 Å². The van der Waals surface area contributed by atoms with E-state index < -0.39 is 5.97 Å². The Kier molecular flexibility index (Phi) is 8.56.